The fraction of sp³-hybridized carbons (Fsp3) is 0.111. The number of anilines is 2. The molecule has 9 nitrogen and oxygen atoms in total. The molecule has 9 heteroatoms. The zero-order valence-corrected chi connectivity index (χ0v) is 14.2. The molecule has 0 aliphatic carbocycles. The molecule has 0 bridgehead atoms. The summed E-state index contributed by atoms with van der Waals surface area (Å²) in [4.78, 5) is 15.3. The first-order valence-corrected chi connectivity index (χ1v) is 7.82. The zero-order valence-electron chi connectivity index (χ0n) is 14.2. The first-order chi connectivity index (χ1) is 13.0. The lowest BCUT2D eigenvalue weighted by molar-refractivity contribution is 0.102. The lowest BCUT2D eigenvalue weighted by atomic mass is 10.1. The maximum absolute atomic E-state index is 12.5. The Morgan fingerprint density at radius 3 is 2.81 bits per heavy atom. The van der Waals surface area contributed by atoms with Crippen LogP contribution in [0.5, 0.6) is 5.75 Å². The molecular weight excluding hydrogens is 348 g/mol. The quantitative estimate of drug-likeness (QED) is 0.237. The molecule has 138 valence electrons. The topological polar surface area (TPSA) is 172 Å². The normalized spacial score (nSPS) is 10.7. The number of nitrogens with one attached hydrogen (secondary N) is 4. The Morgan fingerprint density at radius 1 is 1.41 bits per heavy atom. The number of nitrogens with zero attached hydrogens (tertiary/aromatic N) is 1. The number of amides is 1. The highest BCUT2D eigenvalue weighted by molar-refractivity contribution is 6.05. The van der Waals surface area contributed by atoms with Gasteiger partial charge in [0.05, 0.1) is 17.9 Å². The van der Waals surface area contributed by atoms with E-state index in [1.165, 1.54) is 24.3 Å². The minimum Gasteiger partial charge on any atom is -0.489 e. The van der Waals surface area contributed by atoms with Crippen molar-refractivity contribution in [3.05, 3.63) is 46.8 Å². The minimum absolute atomic E-state index is 0.0181. The monoisotopic (exact) mass is 366 g/mol. The van der Waals surface area contributed by atoms with Crippen LogP contribution < -0.4 is 15.8 Å². The largest absolute Gasteiger partial charge is 0.489 e. The molecule has 0 saturated carbocycles. The van der Waals surface area contributed by atoms with Crippen molar-refractivity contribution in [1.82, 2.24) is 4.98 Å². The average Bonchev–Trinajstić information content (AvgIpc) is 3.14. The summed E-state index contributed by atoms with van der Waals surface area (Å²) in [5.41, 5.74) is 7.69. The zero-order chi connectivity index (χ0) is 19.8. The summed E-state index contributed by atoms with van der Waals surface area (Å²) in [6.07, 6.45) is 3.41. The smallest absolute Gasteiger partial charge is 0.272 e. The fourth-order valence-corrected chi connectivity index (χ4v) is 2.20. The number of nitrogen functional groups attached to an aromatic ring is 1. The molecule has 7 N–H and O–H groups in total. The molecule has 0 atom stereocenters. The van der Waals surface area contributed by atoms with E-state index < -0.39 is 5.91 Å². The Labute approximate surface area is 155 Å². The van der Waals surface area contributed by atoms with E-state index in [0.717, 1.165) is 12.4 Å². The third kappa shape index (κ3) is 4.81. The van der Waals surface area contributed by atoms with Gasteiger partial charge in [-0.2, -0.15) is 5.26 Å². The van der Waals surface area contributed by atoms with Gasteiger partial charge in [0.1, 0.15) is 24.1 Å². The highest BCUT2D eigenvalue weighted by Crippen LogP contribution is 2.30. The van der Waals surface area contributed by atoms with Crippen LogP contribution in [-0.4, -0.2) is 41.6 Å². The SMILES string of the molecule is N#C/C(C=N)=C/c1ccc(C(=O)Nc2cc(C=N)c(N)cc2OCCO)[nH]1. The van der Waals surface area contributed by atoms with E-state index in [4.69, 9.17) is 31.7 Å². The summed E-state index contributed by atoms with van der Waals surface area (Å²) >= 11 is 0. The number of allylic oxidation sites excluding steroid dienone is 1. The van der Waals surface area contributed by atoms with E-state index in [9.17, 15) is 4.79 Å². The van der Waals surface area contributed by atoms with Crippen LogP contribution in [0.25, 0.3) is 6.08 Å². The standard InChI is InChI=1S/C18H18N6O3/c19-8-11(9-20)5-13-1-2-15(23-13)18(26)24-16-6-12(10-21)14(22)7-17(16)27-4-3-25/h1-2,5-8,10,19,21,23,25H,3-4,22H2,(H,24,26)/b11-5+,19-8?,21-10?. The lowest BCUT2D eigenvalue weighted by Crippen LogP contribution is -2.15. The number of H-pyrrole nitrogens is 1. The van der Waals surface area contributed by atoms with Crippen molar-refractivity contribution in [2.75, 3.05) is 24.3 Å². The van der Waals surface area contributed by atoms with E-state index >= 15 is 0 Å². The van der Waals surface area contributed by atoms with Gasteiger partial charge in [0, 0.05) is 35.4 Å². The molecule has 0 unspecified atom stereocenters. The van der Waals surface area contributed by atoms with Gasteiger partial charge in [-0.05, 0) is 24.3 Å². The molecule has 1 heterocycles. The number of hydrogen-bond acceptors (Lipinski definition) is 7. The van der Waals surface area contributed by atoms with Crippen LogP contribution >= 0.6 is 0 Å². The van der Waals surface area contributed by atoms with Crippen LogP contribution in [0.15, 0.2) is 29.8 Å². The molecule has 1 aromatic carbocycles. The molecule has 0 fully saturated rings. The number of carbonyl (C=O) groups excluding carboxylic acids is 1. The van der Waals surface area contributed by atoms with Crippen molar-refractivity contribution in [3.63, 3.8) is 0 Å². The van der Waals surface area contributed by atoms with Crippen LogP contribution in [0, 0.1) is 22.1 Å². The number of carbonyl (C=O) groups is 1. The number of nitrogens with two attached hydrogens (primary N) is 1. The van der Waals surface area contributed by atoms with Crippen LogP contribution in [0.4, 0.5) is 11.4 Å². The van der Waals surface area contributed by atoms with Gasteiger partial charge in [-0.15, -0.1) is 0 Å². The number of aliphatic hydroxyl groups excluding tert-OH is 1. The molecule has 0 saturated heterocycles. The predicted molar refractivity (Wildman–Crippen MR) is 102 cm³/mol. The van der Waals surface area contributed by atoms with Crippen molar-refractivity contribution in [3.8, 4) is 11.8 Å². The molecule has 0 aliphatic heterocycles. The van der Waals surface area contributed by atoms with Gasteiger partial charge in [-0.25, -0.2) is 0 Å². The van der Waals surface area contributed by atoms with Gasteiger partial charge in [-0.1, -0.05) is 0 Å². The molecule has 0 spiro atoms. The predicted octanol–water partition coefficient (Wildman–Crippen LogP) is 1.77. The third-order valence-corrected chi connectivity index (χ3v) is 3.49. The van der Waals surface area contributed by atoms with Crippen LogP contribution in [0.1, 0.15) is 21.7 Å². The number of hydrogen-bond donors (Lipinski definition) is 6. The van der Waals surface area contributed by atoms with Crippen molar-refractivity contribution >= 4 is 35.8 Å². The molecule has 0 aliphatic rings. The second-order valence-corrected chi connectivity index (χ2v) is 5.33. The van der Waals surface area contributed by atoms with E-state index in [2.05, 4.69) is 10.3 Å². The number of nitriles is 1. The van der Waals surface area contributed by atoms with Crippen LogP contribution in [-0.2, 0) is 0 Å². The van der Waals surface area contributed by atoms with Gasteiger partial charge in [0.25, 0.3) is 5.91 Å². The van der Waals surface area contributed by atoms with Crippen LogP contribution in [0.3, 0.4) is 0 Å². The van der Waals surface area contributed by atoms with E-state index in [0.29, 0.717) is 22.6 Å². The summed E-state index contributed by atoms with van der Waals surface area (Å²) in [7, 11) is 0. The number of ether oxygens (including phenoxy) is 1. The van der Waals surface area contributed by atoms with Crippen molar-refractivity contribution in [1.29, 1.82) is 16.1 Å². The molecule has 0 radical (unpaired) electrons. The van der Waals surface area contributed by atoms with Gasteiger partial charge >= 0.3 is 0 Å². The second kappa shape index (κ2) is 8.98. The Balaban J connectivity index is 2.28. The van der Waals surface area contributed by atoms with Crippen molar-refractivity contribution in [2.45, 2.75) is 0 Å². The number of aliphatic hydroxyl groups is 1. The van der Waals surface area contributed by atoms with Crippen LogP contribution in [0.2, 0.25) is 0 Å². The van der Waals surface area contributed by atoms with Gasteiger partial charge in [-0.3, -0.25) is 4.79 Å². The Hall–Kier alpha value is -3.90. The first kappa shape index (κ1) is 19.4. The minimum atomic E-state index is -0.474. The first-order valence-electron chi connectivity index (χ1n) is 7.82. The number of aromatic nitrogens is 1. The maximum Gasteiger partial charge on any atom is 0.272 e. The molecule has 1 amide bonds. The average molecular weight is 366 g/mol. The van der Waals surface area contributed by atoms with Gasteiger partial charge in [0.15, 0.2) is 0 Å². The van der Waals surface area contributed by atoms with Gasteiger partial charge < -0.3 is 36.7 Å². The van der Waals surface area contributed by atoms with E-state index in [1.54, 1.807) is 6.07 Å². The fourth-order valence-electron chi connectivity index (χ4n) is 2.20. The Kier molecular flexibility index (Phi) is 6.46. The molecule has 2 rings (SSSR count). The highest BCUT2D eigenvalue weighted by atomic mass is 16.5. The van der Waals surface area contributed by atoms with Crippen molar-refractivity contribution < 1.29 is 14.6 Å². The molecule has 1 aromatic heterocycles. The number of rotatable bonds is 8. The summed E-state index contributed by atoms with van der Waals surface area (Å²) in [6, 6.07) is 7.95. The highest BCUT2D eigenvalue weighted by Gasteiger charge is 2.14. The third-order valence-electron chi connectivity index (χ3n) is 3.49. The lowest BCUT2D eigenvalue weighted by Gasteiger charge is -2.14. The van der Waals surface area contributed by atoms with Gasteiger partial charge in [0.2, 0.25) is 0 Å². The summed E-state index contributed by atoms with van der Waals surface area (Å²) in [5.74, 6) is -0.208. The maximum atomic E-state index is 12.5. The van der Waals surface area contributed by atoms with E-state index in [1.807, 2.05) is 6.07 Å². The Bertz CT molecular complexity index is 939. The second-order valence-electron chi connectivity index (χ2n) is 5.33. The molecule has 2 aromatic rings. The number of benzene rings is 1. The number of aromatic amines is 1. The van der Waals surface area contributed by atoms with Crippen molar-refractivity contribution in [2.24, 2.45) is 0 Å². The Morgan fingerprint density at radius 2 is 2.19 bits per heavy atom. The summed E-state index contributed by atoms with van der Waals surface area (Å²) in [5, 5.41) is 34.9. The molecule has 27 heavy (non-hydrogen) atoms. The summed E-state index contributed by atoms with van der Waals surface area (Å²) in [6.45, 7) is -0.190. The molecular formula is C18H18N6O3. The summed E-state index contributed by atoms with van der Waals surface area (Å²) < 4.78 is 5.39. The van der Waals surface area contributed by atoms with E-state index in [-0.39, 0.29) is 30.2 Å².